The normalized spacial score (nSPS) is 35.2. The lowest BCUT2D eigenvalue weighted by molar-refractivity contribution is 0.163. The van der Waals surface area contributed by atoms with Gasteiger partial charge in [0.2, 0.25) is 0 Å². The van der Waals surface area contributed by atoms with Crippen LogP contribution < -0.4 is 0 Å². The Morgan fingerprint density at radius 3 is 3.62 bits per heavy atom. The molecule has 2 aliphatic rings. The summed E-state index contributed by atoms with van der Waals surface area (Å²) in [6.07, 6.45) is 6.75. The topological polar surface area (TPSA) is 21.6 Å². The molecule has 0 aromatic heterocycles. The molecule has 1 fully saturated rings. The maximum Gasteiger partial charge on any atom is 0.188 e. The van der Waals surface area contributed by atoms with Crippen molar-refractivity contribution < 1.29 is 4.84 Å². The lowest BCUT2D eigenvalue weighted by Crippen LogP contribution is -1.99. The first-order chi connectivity index (χ1) is 3.97. The zero-order valence-electron chi connectivity index (χ0n) is 4.63. The molecule has 2 heteroatoms. The molecule has 0 aromatic rings. The van der Waals surface area contributed by atoms with Crippen molar-refractivity contribution in [3.8, 4) is 0 Å². The van der Waals surface area contributed by atoms with Crippen molar-refractivity contribution in [2.45, 2.75) is 19.3 Å². The van der Waals surface area contributed by atoms with E-state index in [1.54, 1.807) is 0 Å². The largest absolute Gasteiger partial charge is 0.384 e. The van der Waals surface area contributed by atoms with Crippen molar-refractivity contribution >= 4 is 6.21 Å². The first kappa shape index (κ1) is 4.36. The molecule has 1 heterocycles. The van der Waals surface area contributed by atoms with Gasteiger partial charge in [0.15, 0.2) is 6.10 Å². The van der Waals surface area contributed by atoms with Crippen LogP contribution in [-0.2, 0) is 4.84 Å². The van der Waals surface area contributed by atoms with Crippen LogP contribution in [-0.4, -0.2) is 6.21 Å². The maximum atomic E-state index is 4.96. The van der Waals surface area contributed by atoms with Gasteiger partial charge >= 0.3 is 0 Å². The summed E-state index contributed by atoms with van der Waals surface area (Å²) >= 11 is 0. The maximum absolute atomic E-state index is 4.96. The van der Waals surface area contributed by atoms with Gasteiger partial charge in [0.25, 0.3) is 0 Å². The van der Waals surface area contributed by atoms with Gasteiger partial charge in [-0.15, -0.1) is 0 Å². The molecule has 1 aliphatic heterocycles. The van der Waals surface area contributed by atoms with Crippen molar-refractivity contribution in [3.05, 3.63) is 6.10 Å². The summed E-state index contributed by atoms with van der Waals surface area (Å²) in [6, 6.07) is 0. The van der Waals surface area contributed by atoms with E-state index in [1.165, 1.54) is 18.9 Å². The summed E-state index contributed by atoms with van der Waals surface area (Å²) in [6.45, 7) is 0. The number of hydrogen-bond acceptors (Lipinski definition) is 2. The Hall–Kier alpha value is -0.530. The van der Waals surface area contributed by atoms with Gasteiger partial charge in [0.1, 0.15) is 0 Å². The number of nitrogens with zero attached hydrogens (tertiary/aromatic N) is 1. The van der Waals surface area contributed by atoms with Crippen LogP contribution in [0.25, 0.3) is 0 Å². The van der Waals surface area contributed by atoms with Gasteiger partial charge in [-0.25, -0.2) is 0 Å². The van der Waals surface area contributed by atoms with E-state index in [1.807, 2.05) is 6.21 Å². The van der Waals surface area contributed by atoms with Crippen molar-refractivity contribution in [1.29, 1.82) is 0 Å². The predicted octanol–water partition coefficient (Wildman–Crippen LogP) is 1.33. The number of hydrogen-bond donors (Lipinski definition) is 0. The monoisotopic (exact) mass is 110 g/mol. The molecule has 43 valence electrons. The summed E-state index contributed by atoms with van der Waals surface area (Å²) in [5.74, 6) is 0.579. The Bertz CT molecular complexity index is 122. The Kier molecular flexibility index (Phi) is 0.802. The van der Waals surface area contributed by atoms with Crippen LogP contribution >= 0.6 is 0 Å². The highest BCUT2D eigenvalue weighted by molar-refractivity contribution is 5.65. The van der Waals surface area contributed by atoms with Crippen LogP contribution in [0.2, 0.25) is 0 Å². The van der Waals surface area contributed by atoms with Gasteiger partial charge in [-0.3, -0.25) is 0 Å². The van der Waals surface area contributed by atoms with Crippen LogP contribution in [0.4, 0.5) is 0 Å². The Morgan fingerprint density at radius 1 is 1.75 bits per heavy atom. The van der Waals surface area contributed by atoms with E-state index in [4.69, 9.17) is 4.84 Å². The van der Waals surface area contributed by atoms with Gasteiger partial charge in [0, 0.05) is 5.92 Å². The molecule has 0 saturated heterocycles. The molecule has 0 aromatic carbocycles. The fraction of sp³-hybridized carbons (Fsp3) is 0.667. The van der Waals surface area contributed by atoms with Crippen LogP contribution in [0, 0.1) is 12.0 Å². The fourth-order valence-corrected chi connectivity index (χ4v) is 1.29. The van der Waals surface area contributed by atoms with Crippen LogP contribution in [0.3, 0.4) is 0 Å². The first-order valence-electron chi connectivity index (χ1n) is 3.03. The lowest BCUT2D eigenvalue weighted by Gasteiger charge is -1.99. The van der Waals surface area contributed by atoms with E-state index in [-0.39, 0.29) is 0 Å². The molecule has 0 spiro atoms. The molecule has 8 heavy (non-hydrogen) atoms. The lowest BCUT2D eigenvalue weighted by atomic mass is 10.1. The minimum atomic E-state index is 0.579. The molecule has 2 rings (SSSR count). The highest BCUT2D eigenvalue weighted by Crippen LogP contribution is 2.36. The Morgan fingerprint density at radius 2 is 2.75 bits per heavy atom. The molecule has 1 unspecified atom stereocenters. The highest BCUT2D eigenvalue weighted by atomic mass is 16.6. The zero-order chi connectivity index (χ0) is 5.40. The second-order valence-corrected chi connectivity index (χ2v) is 2.31. The summed E-state index contributed by atoms with van der Waals surface area (Å²) in [5, 5.41) is 3.71. The molecule has 0 bridgehead atoms. The molecule has 0 N–H and O–H groups in total. The van der Waals surface area contributed by atoms with Crippen molar-refractivity contribution in [2.75, 3.05) is 0 Å². The van der Waals surface area contributed by atoms with E-state index in [9.17, 15) is 0 Å². The minimum Gasteiger partial charge on any atom is -0.384 e. The quantitative estimate of drug-likeness (QED) is 0.461. The summed E-state index contributed by atoms with van der Waals surface area (Å²) < 4.78 is 0. The zero-order valence-corrected chi connectivity index (χ0v) is 4.63. The molecule has 1 radical (unpaired) electrons. The standard InChI is InChI=1S/C6H8NO/c1-2-5-4-7-8-6(5)3-1/h4-5H,1-3H2. The predicted molar refractivity (Wildman–Crippen MR) is 30.2 cm³/mol. The molecule has 1 saturated carbocycles. The van der Waals surface area contributed by atoms with Crippen LogP contribution in [0.5, 0.6) is 0 Å². The van der Waals surface area contributed by atoms with Gasteiger partial charge in [-0.1, -0.05) is 5.16 Å². The van der Waals surface area contributed by atoms with Crippen molar-refractivity contribution in [2.24, 2.45) is 11.1 Å². The summed E-state index contributed by atoms with van der Waals surface area (Å²) in [4.78, 5) is 4.96. The average molecular weight is 110 g/mol. The van der Waals surface area contributed by atoms with Gasteiger partial charge in [-0.05, 0) is 19.3 Å². The second-order valence-electron chi connectivity index (χ2n) is 2.31. The van der Waals surface area contributed by atoms with Crippen LogP contribution in [0.1, 0.15) is 19.3 Å². The Balaban J connectivity index is 2.13. The number of oxime groups is 1. The van der Waals surface area contributed by atoms with E-state index in [0.717, 1.165) is 6.42 Å². The fourth-order valence-electron chi connectivity index (χ4n) is 1.29. The summed E-state index contributed by atoms with van der Waals surface area (Å²) in [5.41, 5.74) is 0. The van der Waals surface area contributed by atoms with Gasteiger partial charge in [0.05, 0.1) is 6.21 Å². The molecular formula is C6H8NO. The summed E-state index contributed by atoms with van der Waals surface area (Å²) in [7, 11) is 0. The third kappa shape index (κ3) is 0.457. The highest BCUT2D eigenvalue weighted by Gasteiger charge is 2.32. The van der Waals surface area contributed by atoms with E-state index in [2.05, 4.69) is 5.16 Å². The average Bonchev–Trinajstić information content (AvgIpc) is 2.15. The SMILES string of the molecule is C1=NO[C]2CCCC12. The van der Waals surface area contributed by atoms with Gasteiger partial charge < -0.3 is 4.84 Å². The third-order valence-corrected chi connectivity index (χ3v) is 1.76. The third-order valence-electron chi connectivity index (χ3n) is 1.76. The second kappa shape index (κ2) is 1.47. The number of rotatable bonds is 0. The molecule has 2 nitrogen and oxygen atoms in total. The van der Waals surface area contributed by atoms with E-state index >= 15 is 0 Å². The van der Waals surface area contributed by atoms with Crippen molar-refractivity contribution in [3.63, 3.8) is 0 Å². The first-order valence-corrected chi connectivity index (χ1v) is 3.03. The van der Waals surface area contributed by atoms with Crippen LogP contribution in [0.15, 0.2) is 5.16 Å². The molecule has 1 atom stereocenters. The number of fused-ring (bicyclic) bond motifs is 1. The van der Waals surface area contributed by atoms with E-state index < -0.39 is 0 Å². The molecule has 1 aliphatic carbocycles. The molecular weight excluding hydrogens is 102 g/mol. The van der Waals surface area contributed by atoms with E-state index in [0.29, 0.717) is 5.92 Å². The van der Waals surface area contributed by atoms with Crippen molar-refractivity contribution in [1.82, 2.24) is 0 Å². The molecule has 0 amide bonds. The smallest absolute Gasteiger partial charge is 0.188 e. The minimum absolute atomic E-state index is 0.579. The van der Waals surface area contributed by atoms with Gasteiger partial charge in [-0.2, -0.15) is 0 Å². The Labute approximate surface area is 48.5 Å².